The lowest BCUT2D eigenvalue weighted by molar-refractivity contribution is -0.119. The molecule has 26 heavy (non-hydrogen) atoms. The first-order chi connectivity index (χ1) is 12.3. The van der Waals surface area contributed by atoms with Crippen LogP contribution in [-0.2, 0) is 14.8 Å². The van der Waals surface area contributed by atoms with Crippen molar-refractivity contribution in [3.05, 3.63) is 46.3 Å². The van der Waals surface area contributed by atoms with Gasteiger partial charge in [0.05, 0.1) is 4.34 Å². The van der Waals surface area contributed by atoms with Crippen molar-refractivity contribution >= 4 is 50.5 Å². The highest BCUT2D eigenvalue weighted by Gasteiger charge is 2.40. The van der Waals surface area contributed by atoms with Crippen LogP contribution < -0.4 is 11.1 Å². The number of carbonyl (C=O) groups excluding carboxylic acids is 2. The highest BCUT2D eigenvalue weighted by molar-refractivity contribution is 7.91. The van der Waals surface area contributed by atoms with Crippen LogP contribution in [0.3, 0.4) is 0 Å². The maximum absolute atomic E-state index is 12.8. The molecule has 3 rings (SSSR count). The molecule has 138 valence electrons. The van der Waals surface area contributed by atoms with Crippen LogP contribution in [0.2, 0.25) is 4.34 Å². The number of sulfonamides is 1. The third-order valence-electron chi connectivity index (χ3n) is 4.05. The number of primary amides is 1. The van der Waals surface area contributed by atoms with Crippen LogP contribution in [0.4, 0.5) is 5.69 Å². The second kappa shape index (κ2) is 7.36. The number of hydrogen-bond donors (Lipinski definition) is 2. The summed E-state index contributed by atoms with van der Waals surface area (Å²) in [6.07, 6.45) is 1.03. The summed E-state index contributed by atoms with van der Waals surface area (Å²) < 4.78 is 27.3. The maximum Gasteiger partial charge on any atom is 0.253 e. The van der Waals surface area contributed by atoms with E-state index in [9.17, 15) is 18.0 Å². The third kappa shape index (κ3) is 3.75. The molecule has 1 aliphatic heterocycles. The lowest BCUT2D eigenvalue weighted by atomic mass is 10.2. The van der Waals surface area contributed by atoms with Gasteiger partial charge in [-0.25, -0.2) is 8.42 Å². The molecule has 3 N–H and O–H groups in total. The highest BCUT2D eigenvalue weighted by Crippen LogP contribution is 2.32. The number of nitrogens with two attached hydrogens (primary N) is 1. The lowest BCUT2D eigenvalue weighted by Crippen LogP contribution is -2.42. The topological polar surface area (TPSA) is 110 Å². The summed E-state index contributed by atoms with van der Waals surface area (Å²) in [5, 5.41) is 2.69. The van der Waals surface area contributed by atoms with Gasteiger partial charge in [-0.15, -0.1) is 11.3 Å². The van der Waals surface area contributed by atoms with E-state index in [0.717, 1.165) is 11.3 Å². The van der Waals surface area contributed by atoms with E-state index < -0.39 is 27.9 Å². The van der Waals surface area contributed by atoms with Gasteiger partial charge in [0.2, 0.25) is 11.8 Å². The Labute approximate surface area is 159 Å². The van der Waals surface area contributed by atoms with Gasteiger partial charge in [0.1, 0.15) is 10.3 Å². The number of benzene rings is 1. The number of nitrogens with zero attached hydrogens (tertiary/aromatic N) is 1. The zero-order valence-electron chi connectivity index (χ0n) is 13.5. The van der Waals surface area contributed by atoms with E-state index >= 15 is 0 Å². The molecule has 2 aromatic rings. The molecule has 2 heterocycles. The molecule has 1 fully saturated rings. The summed E-state index contributed by atoms with van der Waals surface area (Å²) in [6, 6.07) is 8.25. The Morgan fingerprint density at radius 3 is 2.46 bits per heavy atom. The number of rotatable bonds is 5. The van der Waals surface area contributed by atoms with Gasteiger partial charge in [-0.3, -0.25) is 9.59 Å². The van der Waals surface area contributed by atoms with E-state index in [1.165, 1.54) is 28.6 Å². The molecular formula is C16H16ClN3O4S2. The van der Waals surface area contributed by atoms with Gasteiger partial charge in [0.15, 0.2) is 0 Å². The molecule has 1 aliphatic rings. The van der Waals surface area contributed by atoms with E-state index in [-0.39, 0.29) is 10.8 Å². The predicted octanol–water partition coefficient (Wildman–Crippen LogP) is 2.29. The third-order valence-corrected chi connectivity index (χ3v) is 7.66. The van der Waals surface area contributed by atoms with Crippen molar-refractivity contribution in [2.45, 2.75) is 23.1 Å². The minimum atomic E-state index is -3.78. The fourth-order valence-electron chi connectivity index (χ4n) is 2.79. The van der Waals surface area contributed by atoms with Gasteiger partial charge in [0, 0.05) is 17.8 Å². The van der Waals surface area contributed by atoms with Crippen LogP contribution in [0, 0.1) is 0 Å². The summed E-state index contributed by atoms with van der Waals surface area (Å²) in [7, 11) is -3.78. The molecule has 0 radical (unpaired) electrons. The second-order valence-electron chi connectivity index (χ2n) is 5.76. The van der Waals surface area contributed by atoms with Crippen molar-refractivity contribution in [3.8, 4) is 0 Å². The zero-order chi connectivity index (χ0) is 18.9. The first-order valence-electron chi connectivity index (χ1n) is 7.77. The zero-order valence-corrected chi connectivity index (χ0v) is 15.9. The van der Waals surface area contributed by atoms with Gasteiger partial charge in [-0.2, -0.15) is 4.31 Å². The summed E-state index contributed by atoms with van der Waals surface area (Å²) in [5.74, 6) is -0.980. The van der Waals surface area contributed by atoms with E-state index in [4.69, 9.17) is 17.3 Å². The molecule has 7 nitrogen and oxygen atoms in total. The van der Waals surface area contributed by atoms with E-state index in [2.05, 4.69) is 5.32 Å². The number of thiophene rings is 1. The quantitative estimate of drug-likeness (QED) is 0.783. The Kier molecular flexibility index (Phi) is 5.33. The van der Waals surface area contributed by atoms with E-state index in [1.807, 2.05) is 0 Å². The number of carbonyl (C=O) groups is 2. The van der Waals surface area contributed by atoms with Crippen LogP contribution in [0.5, 0.6) is 0 Å². The Balaban J connectivity index is 1.77. The Morgan fingerprint density at radius 1 is 1.19 bits per heavy atom. The van der Waals surface area contributed by atoms with Crippen LogP contribution >= 0.6 is 22.9 Å². The maximum atomic E-state index is 12.8. The van der Waals surface area contributed by atoms with Crippen LogP contribution in [0.15, 0.2) is 40.6 Å². The Hall–Kier alpha value is -1.94. The molecule has 0 saturated carbocycles. The monoisotopic (exact) mass is 413 g/mol. The number of anilines is 1. The van der Waals surface area contributed by atoms with E-state index in [1.54, 1.807) is 12.1 Å². The van der Waals surface area contributed by atoms with Crippen molar-refractivity contribution in [1.82, 2.24) is 4.31 Å². The second-order valence-corrected chi connectivity index (χ2v) is 9.60. The summed E-state index contributed by atoms with van der Waals surface area (Å²) >= 11 is 6.80. The molecule has 1 saturated heterocycles. The van der Waals surface area contributed by atoms with Crippen molar-refractivity contribution in [2.75, 3.05) is 11.9 Å². The average molecular weight is 414 g/mol. The Bertz CT molecular complexity index is 941. The first-order valence-corrected chi connectivity index (χ1v) is 10.4. The van der Waals surface area contributed by atoms with Crippen molar-refractivity contribution in [1.29, 1.82) is 0 Å². The molecule has 0 bridgehead atoms. The van der Waals surface area contributed by atoms with Gasteiger partial charge in [-0.05, 0) is 49.2 Å². The molecule has 0 spiro atoms. The number of halogens is 1. The largest absolute Gasteiger partial charge is 0.366 e. The molecule has 1 aromatic carbocycles. The molecule has 1 atom stereocenters. The van der Waals surface area contributed by atoms with Crippen molar-refractivity contribution < 1.29 is 18.0 Å². The number of amides is 2. The highest BCUT2D eigenvalue weighted by atomic mass is 35.5. The summed E-state index contributed by atoms with van der Waals surface area (Å²) in [4.78, 5) is 23.7. The van der Waals surface area contributed by atoms with Crippen LogP contribution in [0.1, 0.15) is 23.2 Å². The van der Waals surface area contributed by atoms with Crippen molar-refractivity contribution in [3.63, 3.8) is 0 Å². The van der Waals surface area contributed by atoms with Crippen molar-refractivity contribution in [2.24, 2.45) is 5.73 Å². The lowest BCUT2D eigenvalue weighted by Gasteiger charge is -2.22. The SMILES string of the molecule is NC(=O)c1ccc(NC(=O)C2CCCN2S(=O)(=O)c2ccc(Cl)s2)cc1. The van der Waals surface area contributed by atoms with Gasteiger partial charge >= 0.3 is 0 Å². The molecule has 10 heteroatoms. The standard InChI is InChI=1S/C16H16ClN3O4S2/c17-13-7-8-14(25-13)26(23,24)20-9-1-2-12(20)16(22)19-11-5-3-10(4-6-11)15(18)21/h3-8,12H,1-2,9H2,(H2,18,21)(H,19,22). The minimum Gasteiger partial charge on any atom is -0.366 e. The van der Waals surface area contributed by atoms with Gasteiger partial charge in [-0.1, -0.05) is 11.6 Å². The number of nitrogens with one attached hydrogen (secondary N) is 1. The summed E-state index contributed by atoms with van der Waals surface area (Å²) in [6.45, 7) is 0.274. The Morgan fingerprint density at radius 2 is 1.88 bits per heavy atom. The predicted molar refractivity (Wildman–Crippen MR) is 99.8 cm³/mol. The van der Waals surface area contributed by atoms with Gasteiger partial charge < -0.3 is 11.1 Å². The average Bonchev–Trinajstić information content (AvgIpc) is 3.24. The fraction of sp³-hybridized carbons (Fsp3) is 0.250. The molecule has 1 aromatic heterocycles. The number of hydrogen-bond acceptors (Lipinski definition) is 5. The first kappa shape index (κ1) is 18.8. The molecule has 0 aliphatic carbocycles. The van der Waals surface area contributed by atoms with Crippen LogP contribution in [-0.4, -0.2) is 37.1 Å². The minimum absolute atomic E-state index is 0.119. The normalized spacial score (nSPS) is 18.0. The molecule has 2 amide bonds. The fourth-order valence-corrected chi connectivity index (χ4v) is 6.05. The van der Waals surface area contributed by atoms with Crippen LogP contribution in [0.25, 0.3) is 0 Å². The van der Waals surface area contributed by atoms with E-state index in [0.29, 0.717) is 28.4 Å². The molecular weight excluding hydrogens is 398 g/mol. The van der Waals surface area contributed by atoms with Gasteiger partial charge in [0.25, 0.3) is 10.0 Å². The summed E-state index contributed by atoms with van der Waals surface area (Å²) in [5.41, 5.74) is 5.96. The smallest absolute Gasteiger partial charge is 0.253 e. The molecule has 1 unspecified atom stereocenters.